The molecule has 1 N–H and O–H groups in total. The van der Waals surface area contributed by atoms with Gasteiger partial charge in [-0.2, -0.15) is 13.2 Å². The van der Waals surface area contributed by atoms with E-state index in [1.54, 1.807) is 12.1 Å². The molecule has 1 heterocycles. The van der Waals surface area contributed by atoms with Crippen LogP contribution < -0.4 is 19.5 Å². The molecule has 0 spiro atoms. The number of fused-ring (bicyclic) bond motifs is 1. The Bertz CT molecular complexity index is 822. The highest BCUT2D eigenvalue weighted by Gasteiger charge is 2.28. The van der Waals surface area contributed by atoms with Gasteiger partial charge in [-0.3, -0.25) is 4.79 Å². The van der Waals surface area contributed by atoms with E-state index in [2.05, 4.69) is 10.1 Å². The normalized spacial score (nSPS) is 13.5. The second-order valence-electron chi connectivity index (χ2n) is 6.66. The monoisotopic (exact) mass is 409 g/mol. The molecule has 8 heteroatoms. The first-order valence-electron chi connectivity index (χ1n) is 9.33. The predicted octanol–water partition coefficient (Wildman–Crippen LogP) is 4.04. The number of nitrogens with one attached hydrogen (secondary N) is 1. The highest BCUT2D eigenvalue weighted by Crippen LogP contribution is 2.30. The second kappa shape index (κ2) is 9.54. The van der Waals surface area contributed by atoms with Gasteiger partial charge in [-0.05, 0) is 41.8 Å². The first-order valence-corrected chi connectivity index (χ1v) is 9.33. The van der Waals surface area contributed by atoms with Gasteiger partial charge in [0.2, 0.25) is 5.91 Å². The molecule has 0 aromatic heterocycles. The third-order valence-electron chi connectivity index (χ3n) is 4.27. The van der Waals surface area contributed by atoms with Crippen molar-refractivity contribution in [1.29, 1.82) is 0 Å². The Balaban J connectivity index is 1.42. The lowest BCUT2D eigenvalue weighted by atomic mass is 10.1. The van der Waals surface area contributed by atoms with E-state index in [1.165, 1.54) is 12.1 Å². The average Bonchev–Trinajstić information content (AvgIpc) is 2.94. The van der Waals surface area contributed by atoms with Gasteiger partial charge in [-0.15, -0.1) is 0 Å². The molecule has 2 aromatic carbocycles. The summed E-state index contributed by atoms with van der Waals surface area (Å²) in [5, 5.41) is 2.80. The standard InChI is InChI=1S/C21H22F3NO4/c22-21(23,24)14-29-17-6-2-16(3-7-17)13-25-20(26)9-5-15-4-8-18-19(12-15)28-11-1-10-27-18/h2-4,6-8,12H,1,5,9-11,13-14H2,(H,25,26). The molecule has 1 aliphatic heterocycles. The Morgan fingerprint density at radius 3 is 2.41 bits per heavy atom. The third-order valence-corrected chi connectivity index (χ3v) is 4.27. The molecular weight excluding hydrogens is 387 g/mol. The molecule has 29 heavy (non-hydrogen) atoms. The first-order chi connectivity index (χ1) is 13.9. The van der Waals surface area contributed by atoms with Gasteiger partial charge in [-0.1, -0.05) is 18.2 Å². The van der Waals surface area contributed by atoms with Crippen molar-refractivity contribution < 1.29 is 32.2 Å². The zero-order valence-electron chi connectivity index (χ0n) is 15.8. The number of rotatable bonds is 7. The summed E-state index contributed by atoms with van der Waals surface area (Å²) in [6.45, 7) is 0.198. The third kappa shape index (κ3) is 6.89. The lowest BCUT2D eigenvalue weighted by Gasteiger charge is -2.11. The first kappa shape index (κ1) is 20.8. The van der Waals surface area contributed by atoms with Crippen LogP contribution in [0.15, 0.2) is 42.5 Å². The summed E-state index contributed by atoms with van der Waals surface area (Å²) in [4.78, 5) is 12.1. The molecule has 0 fully saturated rings. The van der Waals surface area contributed by atoms with Crippen LogP contribution in [-0.2, 0) is 17.8 Å². The number of ether oxygens (including phenoxy) is 3. The van der Waals surface area contributed by atoms with Crippen molar-refractivity contribution >= 4 is 5.91 Å². The second-order valence-corrected chi connectivity index (χ2v) is 6.66. The van der Waals surface area contributed by atoms with Crippen molar-refractivity contribution in [3.63, 3.8) is 0 Å². The molecule has 2 aromatic rings. The van der Waals surface area contributed by atoms with Crippen molar-refractivity contribution in [1.82, 2.24) is 5.32 Å². The highest BCUT2D eigenvalue weighted by atomic mass is 19.4. The minimum Gasteiger partial charge on any atom is -0.490 e. The largest absolute Gasteiger partial charge is 0.490 e. The molecule has 156 valence electrons. The minimum absolute atomic E-state index is 0.116. The van der Waals surface area contributed by atoms with Gasteiger partial charge >= 0.3 is 6.18 Å². The fourth-order valence-electron chi connectivity index (χ4n) is 2.78. The Kier molecular flexibility index (Phi) is 6.85. The maximum Gasteiger partial charge on any atom is 0.422 e. The van der Waals surface area contributed by atoms with Crippen LogP contribution in [0.4, 0.5) is 13.2 Å². The number of carbonyl (C=O) groups is 1. The number of halogens is 3. The highest BCUT2D eigenvalue weighted by molar-refractivity contribution is 5.76. The Hall–Kier alpha value is -2.90. The van der Waals surface area contributed by atoms with E-state index in [0.29, 0.717) is 38.3 Å². The van der Waals surface area contributed by atoms with Crippen LogP contribution in [0.1, 0.15) is 24.0 Å². The summed E-state index contributed by atoms with van der Waals surface area (Å²) in [5.74, 6) is 1.44. The number of benzene rings is 2. The van der Waals surface area contributed by atoms with E-state index < -0.39 is 12.8 Å². The lowest BCUT2D eigenvalue weighted by Crippen LogP contribution is -2.23. The average molecular weight is 409 g/mol. The molecule has 0 saturated carbocycles. The summed E-state index contributed by atoms with van der Waals surface area (Å²) >= 11 is 0. The van der Waals surface area contributed by atoms with Gasteiger partial charge in [0.25, 0.3) is 0 Å². The molecule has 0 radical (unpaired) electrons. The number of alkyl halides is 3. The van der Waals surface area contributed by atoms with Crippen LogP contribution in [0.5, 0.6) is 17.2 Å². The van der Waals surface area contributed by atoms with Crippen molar-refractivity contribution in [2.75, 3.05) is 19.8 Å². The Morgan fingerprint density at radius 2 is 1.69 bits per heavy atom. The van der Waals surface area contributed by atoms with E-state index in [-0.39, 0.29) is 11.7 Å². The number of carbonyl (C=O) groups excluding carboxylic acids is 1. The molecule has 3 rings (SSSR count). The van der Waals surface area contributed by atoms with Crippen LogP contribution >= 0.6 is 0 Å². The Labute approximate surface area is 166 Å². The van der Waals surface area contributed by atoms with Crippen molar-refractivity contribution in [3.8, 4) is 17.2 Å². The molecule has 0 bridgehead atoms. The summed E-state index contributed by atoms with van der Waals surface area (Å²) < 4.78 is 52.3. The minimum atomic E-state index is -4.37. The fourth-order valence-corrected chi connectivity index (χ4v) is 2.78. The van der Waals surface area contributed by atoms with Crippen LogP contribution in [0.2, 0.25) is 0 Å². The number of amides is 1. The van der Waals surface area contributed by atoms with Gasteiger partial charge in [0.05, 0.1) is 13.2 Å². The quantitative estimate of drug-likeness (QED) is 0.750. The molecule has 0 atom stereocenters. The van der Waals surface area contributed by atoms with Gasteiger partial charge < -0.3 is 19.5 Å². The maximum absolute atomic E-state index is 12.1. The van der Waals surface area contributed by atoms with E-state index in [0.717, 1.165) is 23.3 Å². The zero-order valence-corrected chi connectivity index (χ0v) is 15.8. The van der Waals surface area contributed by atoms with Gasteiger partial charge in [0, 0.05) is 19.4 Å². The topological polar surface area (TPSA) is 56.8 Å². The number of aryl methyl sites for hydroxylation is 1. The van der Waals surface area contributed by atoms with Crippen LogP contribution in [0.3, 0.4) is 0 Å². The van der Waals surface area contributed by atoms with Crippen LogP contribution in [0, 0.1) is 0 Å². The summed E-state index contributed by atoms with van der Waals surface area (Å²) in [6.07, 6.45) is -2.66. The van der Waals surface area contributed by atoms with Gasteiger partial charge in [0.1, 0.15) is 5.75 Å². The van der Waals surface area contributed by atoms with Gasteiger partial charge in [-0.25, -0.2) is 0 Å². The van der Waals surface area contributed by atoms with E-state index in [9.17, 15) is 18.0 Å². The Morgan fingerprint density at radius 1 is 1.00 bits per heavy atom. The summed E-state index contributed by atoms with van der Waals surface area (Å²) in [5.41, 5.74) is 1.75. The van der Waals surface area contributed by atoms with Crippen LogP contribution in [0.25, 0.3) is 0 Å². The van der Waals surface area contributed by atoms with E-state index in [4.69, 9.17) is 9.47 Å². The van der Waals surface area contributed by atoms with Crippen molar-refractivity contribution in [2.45, 2.75) is 32.0 Å². The molecular formula is C21H22F3NO4. The molecule has 5 nitrogen and oxygen atoms in total. The zero-order chi connectivity index (χ0) is 20.7. The molecule has 1 aliphatic rings. The van der Waals surface area contributed by atoms with E-state index in [1.807, 2.05) is 18.2 Å². The lowest BCUT2D eigenvalue weighted by molar-refractivity contribution is -0.153. The number of hydrogen-bond donors (Lipinski definition) is 1. The van der Waals surface area contributed by atoms with Crippen molar-refractivity contribution in [3.05, 3.63) is 53.6 Å². The number of hydrogen-bond acceptors (Lipinski definition) is 4. The molecule has 0 unspecified atom stereocenters. The molecule has 0 aliphatic carbocycles. The summed E-state index contributed by atoms with van der Waals surface area (Å²) in [6, 6.07) is 11.8. The summed E-state index contributed by atoms with van der Waals surface area (Å²) in [7, 11) is 0. The SMILES string of the molecule is O=C(CCc1ccc2c(c1)OCCCO2)NCc1ccc(OCC(F)(F)F)cc1. The van der Waals surface area contributed by atoms with Crippen molar-refractivity contribution in [2.24, 2.45) is 0 Å². The van der Waals surface area contributed by atoms with Crippen LogP contribution in [-0.4, -0.2) is 31.9 Å². The smallest absolute Gasteiger partial charge is 0.422 e. The predicted molar refractivity (Wildman–Crippen MR) is 100 cm³/mol. The molecule has 1 amide bonds. The fraction of sp³-hybridized carbons (Fsp3) is 0.381. The maximum atomic E-state index is 12.1. The molecule has 0 saturated heterocycles. The van der Waals surface area contributed by atoms with Gasteiger partial charge in [0.15, 0.2) is 18.1 Å². The van der Waals surface area contributed by atoms with E-state index >= 15 is 0 Å².